The number of hydrogen-bond donors (Lipinski definition) is 3. The summed E-state index contributed by atoms with van der Waals surface area (Å²) in [6.45, 7) is 3.92. The number of hydrogen-bond acceptors (Lipinski definition) is 7. The van der Waals surface area contributed by atoms with Crippen LogP contribution in [0.1, 0.15) is 45.9 Å². The summed E-state index contributed by atoms with van der Waals surface area (Å²) in [4.78, 5) is 25.1. The number of carbonyl (C=O) groups is 1. The summed E-state index contributed by atoms with van der Waals surface area (Å²) in [5.41, 5.74) is 9.69. The number of amides is 1. The van der Waals surface area contributed by atoms with Gasteiger partial charge in [0, 0.05) is 35.2 Å². The number of aryl methyl sites for hydroxylation is 1. The van der Waals surface area contributed by atoms with Crippen molar-refractivity contribution in [3.05, 3.63) is 64.6 Å². The molecule has 0 aliphatic carbocycles. The second-order valence-electron chi connectivity index (χ2n) is 8.25. The highest BCUT2D eigenvalue weighted by Gasteiger charge is 2.25. The van der Waals surface area contributed by atoms with Gasteiger partial charge in [0.2, 0.25) is 0 Å². The first-order valence-electron chi connectivity index (χ1n) is 10.8. The zero-order valence-corrected chi connectivity index (χ0v) is 19.2. The fraction of sp³-hybridized carbons (Fsp3) is 0.333. The van der Waals surface area contributed by atoms with Gasteiger partial charge < -0.3 is 16.0 Å². The van der Waals surface area contributed by atoms with Crippen LogP contribution in [0.15, 0.2) is 42.7 Å². The highest BCUT2D eigenvalue weighted by atomic mass is 32.1. The molecule has 1 saturated heterocycles. The molecule has 2 aromatic heterocycles. The molecular formula is C24H28N6OS. The van der Waals surface area contributed by atoms with Gasteiger partial charge in [-0.3, -0.25) is 15.2 Å². The number of nitrogens with one attached hydrogen (secondary N) is 2. The van der Waals surface area contributed by atoms with Crippen molar-refractivity contribution in [2.45, 2.75) is 32.2 Å². The Hall–Kier alpha value is -3.10. The lowest BCUT2D eigenvalue weighted by Gasteiger charge is -2.16. The van der Waals surface area contributed by atoms with E-state index >= 15 is 0 Å². The maximum Gasteiger partial charge on any atom is 0.271 e. The van der Waals surface area contributed by atoms with E-state index in [-0.39, 0.29) is 17.7 Å². The first-order valence-corrected chi connectivity index (χ1v) is 11.6. The van der Waals surface area contributed by atoms with Crippen LogP contribution >= 0.6 is 11.3 Å². The van der Waals surface area contributed by atoms with Crippen molar-refractivity contribution >= 4 is 28.6 Å². The molecule has 8 heteroatoms. The van der Waals surface area contributed by atoms with E-state index in [1.54, 1.807) is 12.4 Å². The van der Waals surface area contributed by atoms with E-state index < -0.39 is 0 Å². The molecule has 7 nitrogen and oxygen atoms in total. The highest BCUT2D eigenvalue weighted by molar-refractivity contribution is 7.17. The minimum atomic E-state index is -0.203. The van der Waals surface area contributed by atoms with Crippen molar-refractivity contribution in [3.8, 4) is 10.4 Å². The topological polar surface area (TPSA) is 108 Å². The molecule has 1 aliphatic rings. The number of pyridine rings is 1. The van der Waals surface area contributed by atoms with E-state index in [0.717, 1.165) is 43.5 Å². The number of nitrogen functional groups attached to an aromatic ring is 1. The monoisotopic (exact) mass is 448 g/mol. The normalized spacial score (nSPS) is 17.0. The number of benzene rings is 1. The maximum atomic E-state index is 13.3. The number of para-hydroxylation sites is 1. The lowest BCUT2D eigenvalue weighted by Crippen LogP contribution is -2.36. The van der Waals surface area contributed by atoms with Crippen molar-refractivity contribution in [2.75, 3.05) is 25.9 Å². The quantitative estimate of drug-likeness (QED) is 0.407. The van der Waals surface area contributed by atoms with Gasteiger partial charge in [0.1, 0.15) is 10.7 Å². The van der Waals surface area contributed by atoms with E-state index in [9.17, 15) is 4.79 Å². The Labute approximate surface area is 192 Å². The fourth-order valence-corrected chi connectivity index (χ4v) is 4.94. The summed E-state index contributed by atoms with van der Waals surface area (Å²) < 4.78 is 0. The van der Waals surface area contributed by atoms with Crippen LogP contribution in [-0.2, 0) is 0 Å². The zero-order chi connectivity index (χ0) is 22.7. The lowest BCUT2D eigenvalue weighted by atomic mass is 10.0. The lowest BCUT2D eigenvalue weighted by molar-refractivity contribution is 0.0929. The Morgan fingerprint density at radius 1 is 1.25 bits per heavy atom. The van der Waals surface area contributed by atoms with Gasteiger partial charge in [-0.2, -0.15) is 0 Å². The Morgan fingerprint density at radius 3 is 2.88 bits per heavy atom. The Bertz CT molecular complexity index is 1130. The van der Waals surface area contributed by atoms with E-state index in [1.165, 1.54) is 11.3 Å². The molecule has 32 heavy (non-hydrogen) atoms. The van der Waals surface area contributed by atoms with Crippen LogP contribution in [0.5, 0.6) is 0 Å². The summed E-state index contributed by atoms with van der Waals surface area (Å²) >= 11 is 1.32. The number of nitrogens with zero attached hydrogens (tertiary/aromatic N) is 3. The van der Waals surface area contributed by atoms with Crippen molar-refractivity contribution in [1.82, 2.24) is 20.2 Å². The van der Waals surface area contributed by atoms with Gasteiger partial charge in [-0.05, 0) is 58.0 Å². The molecule has 166 valence electrons. The van der Waals surface area contributed by atoms with E-state index in [0.29, 0.717) is 26.8 Å². The van der Waals surface area contributed by atoms with Crippen LogP contribution < -0.4 is 11.1 Å². The predicted octanol–water partition coefficient (Wildman–Crippen LogP) is 3.73. The van der Waals surface area contributed by atoms with Gasteiger partial charge in [0.15, 0.2) is 0 Å². The number of anilines is 1. The van der Waals surface area contributed by atoms with Crippen molar-refractivity contribution in [1.29, 1.82) is 5.41 Å². The summed E-state index contributed by atoms with van der Waals surface area (Å²) in [6, 6.07) is 9.47. The van der Waals surface area contributed by atoms with E-state index in [2.05, 4.69) is 27.2 Å². The molecule has 3 heterocycles. The van der Waals surface area contributed by atoms with Crippen molar-refractivity contribution < 1.29 is 4.79 Å². The number of likely N-dealkylation sites (tertiary alicyclic amines) is 1. The number of thiazole rings is 1. The maximum absolute atomic E-state index is 13.3. The third kappa shape index (κ3) is 4.71. The van der Waals surface area contributed by atoms with Crippen molar-refractivity contribution in [2.24, 2.45) is 0 Å². The minimum absolute atomic E-state index is 0.117. The van der Waals surface area contributed by atoms with Crippen LogP contribution in [0.25, 0.3) is 10.4 Å². The summed E-state index contributed by atoms with van der Waals surface area (Å²) in [5, 5.41) is 12.4. The molecule has 1 unspecified atom stereocenters. The number of rotatable bonds is 5. The largest absolute Gasteiger partial charge is 0.398 e. The van der Waals surface area contributed by atoms with E-state index in [1.807, 2.05) is 37.3 Å². The Morgan fingerprint density at radius 2 is 2.09 bits per heavy atom. The van der Waals surface area contributed by atoms with Gasteiger partial charge in [-0.1, -0.05) is 24.3 Å². The molecule has 1 aliphatic heterocycles. The highest BCUT2D eigenvalue weighted by Crippen LogP contribution is 2.32. The zero-order valence-electron chi connectivity index (χ0n) is 18.4. The molecule has 4 N–H and O–H groups in total. The Kier molecular flexibility index (Phi) is 6.62. The van der Waals surface area contributed by atoms with Crippen LogP contribution in [0, 0.1) is 12.3 Å². The van der Waals surface area contributed by atoms with E-state index in [4.69, 9.17) is 11.1 Å². The molecular weight excluding hydrogens is 420 g/mol. The fourth-order valence-electron chi connectivity index (χ4n) is 3.93. The van der Waals surface area contributed by atoms with Gasteiger partial charge >= 0.3 is 0 Å². The van der Waals surface area contributed by atoms with Gasteiger partial charge in [0.25, 0.3) is 5.91 Å². The molecule has 4 rings (SSSR count). The summed E-state index contributed by atoms with van der Waals surface area (Å²) in [7, 11) is 2.11. The summed E-state index contributed by atoms with van der Waals surface area (Å²) in [5.74, 6) is -0.203. The molecule has 0 radical (unpaired) electrons. The number of nitrogens with two attached hydrogens (primary N) is 1. The third-order valence-corrected chi connectivity index (χ3v) is 6.98. The average molecular weight is 449 g/mol. The first kappa shape index (κ1) is 22.1. The summed E-state index contributed by atoms with van der Waals surface area (Å²) in [6.07, 6.45) is 6.33. The molecule has 3 aromatic rings. The first-order chi connectivity index (χ1) is 15.4. The predicted molar refractivity (Wildman–Crippen MR) is 129 cm³/mol. The van der Waals surface area contributed by atoms with Crippen LogP contribution in [-0.4, -0.2) is 52.7 Å². The van der Waals surface area contributed by atoms with Gasteiger partial charge in [0.05, 0.1) is 10.6 Å². The Balaban J connectivity index is 1.68. The van der Waals surface area contributed by atoms with Gasteiger partial charge in [-0.25, -0.2) is 4.98 Å². The minimum Gasteiger partial charge on any atom is -0.398 e. The number of carbonyl (C=O) groups excluding carboxylic acids is 1. The molecule has 0 spiro atoms. The molecule has 1 amide bonds. The smallest absolute Gasteiger partial charge is 0.271 e. The standard InChI is InChI=1S/C24H28N6OS/c1-15-6-3-9-18(19(15)25)20(26)24-29-21(22(32-24)16-7-4-11-27-14-16)23(31)28-17-8-5-12-30(2)13-10-17/h3-4,6-7,9,11,14,17,26H,5,8,10,12-13,25H2,1-2H3,(H,28,31). The molecule has 0 bridgehead atoms. The van der Waals surface area contributed by atoms with Crippen molar-refractivity contribution in [3.63, 3.8) is 0 Å². The SMILES string of the molecule is Cc1cccc(C(=N)c2nc(C(=O)NC3CCCN(C)CC3)c(-c3cccnc3)s2)c1N. The van der Waals surface area contributed by atoms with Crippen LogP contribution in [0.4, 0.5) is 5.69 Å². The third-order valence-electron chi connectivity index (χ3n) is 5.86. The second kappa shape index (κ2) is 9.58. The second-order valence-corrected chi connectivity index (χ2v) is 9.25. The molecule has 1 aromatic carbocycles. The van der Waals surface area contributed by atoms with Crippen LogP contribution in [0.3, 0.4) is 0 Å². The average Bonchev–Trinajstić information content (AvgIpc) is 3.15. The molecule has 1 fully saturated rings. The molecule has 0 saturated carbocycles. The molecule has 1 atom stereocenters. The number of aromatic nitrogens is 2. The van der Waals surface area contributed by atoms with Gasteiger partial charge in [-0.15, -0.1) is 11.3 Å². The van der Waals surface area contributed by atoms with Crippen LogP contribution in [0.2, 0.25) is 0 Å².